The molecule has 28 heavy (non-hydrogen) atoms. The highest BCUT2D eigenvalue weighted by Crippen LogP contribution is 2.36. The molecule has 0 radical (unpaired) electrons. The molecule has 0 aromatic carbocycles. The molecular weight excluding hydrogens is 368 g/mol. The monoisotopic (exact) mass is 386 g/mol. The van der Waals surface area contributed by atoms with Crippen LogP contribution in [0.25, 0.3) is 32.0 Å². The minimum Gasteiger partial charge on any atom is -0.350 e. The van der Waals surface area contributed by atoms with Crippen molar-refractivity contribution < 1.29 is 0 Å². The van der Waals surface area contributed by atoms with Gasteiger partial charge in [-0.3, -0.25) is 4.98 Å². The number of aryl methyl sites for hydroxylation is 2. The van der Waals surface area contributed by atoms with Crippen molar-refractivity contribution >= 4 is 34.8 Å². The minimum atomic E-state index is 0.447. The second-order valence-corrected chi connectivity index (χ2v) is 7.18. The quantitative estimate of drug-likeness (QED) is 0.378. The van der Waals surface area contributed by atoms with Crippen molar-refractivity contribution in [2.24, 2.45) is 17.0 Å². The van der Waals surface area contributed by atoms with Crippen LogP contribution in [0.3, 0.4) is 0 Å². The summed E-state index contributed by atoms with van der Waals surface area (Å²) < 4.78 is 2.05. The highest BCUT2D eigenvalue weighted by molar-refractivity contribution is 7.18. The van der Waals surface area contributed by atoms with Crippen LogP contribution in [-0.2, 0) is 7.05 Å². The van der Waals surface area contributed by atoms with Gasteiger partial charge in [0.15, 0.2) is 5.84 Å². The van der Waals surface area contributed by atoms with Gasteiger partial charge in [0.2, 0.25) is 0 Å². The molecule has 0 fully saturated rings. The molecule has 7 heteroatoms. The predicted octanol–water partition coefficient (Wildman–Crippen LogP) is 4.66. The van der Waals surface area contributed by atoms with Gasteiger partial charge >= 0.3 is 0 Å². The van der Waals surface area contributed by atoms with E-state index in [0.29, 0.717) is 11.5 Å². The van der Waals surface area contributed by atoms with Gasteiger partial charge in [0, 0.05) is 42.8 Å². The number of nitrogens with zero attached hydrogens (tertiary/aromatic N) is 6. The lowest BCUT2D eigenvalue weighted by atomic mass is 10.1. The molecule has 4 heterocycles. The van der Waals surface area contributed by atoms with E-state index < -0.39 is 0 Å². The van der Waals surface area contributed by atoms with Crippen LogP contribution in [0.15, 0.2) is 65.6 Å². The highest BCUT2D eigenvalue weighted by Gasteiger charge is 2.18. The van der Waals surface area contributed by atoms with Crippen LogP contribution in [-0.4, -0.2) is 32.1 Å². The Labute approximate surface area is 166 Å². The van der Waals surface area contributed by atoms with E-state index in [4.69, 9.17) is 9.97 Å². The zero-order valence-corrected chi connectivity index (χ0v) is 16.4. The molecule has 4 aromatic heterocycles. The fraction of sp³-hybridized carbons (Fsp3) is 0.0952. The van der Waals surface area contributed by atoms with Crippen molar-refractivity contribution in [3.63, 3.8) is 0 Å². The Bertz CT molecular complexity index is 1220. The van der Waals surface area contributed by atoms with Gasteiger partial charge in [-0.2, -0.15) is 0 Å². The van der Waals surface area contributed by atoms with Crippen molar-refractivity contribution in [2.45, 2.75) is 6.92 Å². The third-order valence-electron chi connectivity index (χ3n) is 4.39. The van der Waals surface area contributed by atoms with Crippen LogP contribution in [0.1, 0.15) is 11.4 Å². The largest absolute Gasteiger partial charge is 0.350 e. The standard InChI is InChI=1S/C21H18N6S/c1-5-24-20(22-3)18-15-8-10-27(4)17(15)11-16(26-18)19-13(2)25-21(28-19)14-7-6-9-23-12-14/h5-12H,1,3H2,2,4H3. The first kappa shape index (κ1) is 17.9. The van der Waals surface area contributed by atoms with E-state index in [2.05, 4.69) is 38.9 Å². The number of fused-ring (bicyclic) bond motifs is 1. The van der Waals surface area contributed by atoms with Crippen LogP contribution in [0.2, 0.25) is 0 Å². The van der Waals surface area contributed by atoms with E-state index in [0.717, 1.165) is 37.7 Å². The summed E-state index contributed by atoms with van der Waals surface area (Å²) >= 11 is 1.59. The lowest BCUT2D eigenvalue weighted by Crippen LogP contribution is -2.03. The molecule has 4 aromatic rings. The van der Waals surface area contributed by atoms with Crippen LogP contribution < -0.4 is 0 Å². The van der Waals surface area contributed by atoms with Gasteiger partial charge in [-0.25, -0.2) is 20.0 Å². The number of pyridine rings is 2. The van der Waals surface area contributed by atoms with Gasteiger partial charge in [0.05, 0.1) is 21.8 Å². The van der Waals surface area contributed by atoms with Crippen molar-refractivity contribution in [1.29, 1.82) is 0 Å². The van der Waals surface area contributed by atoms with E-state index >= 15 is 0 Å². The maximum atomic E-state index is 4.87. The molecular formula is C21H18N6S. The number of aliphatic imine (C=N–C) groups is 2. The normalized spacial score (nSPS) is 11.7. The zero-order chi connectivity index (χ0) is 19.7. The zero-order valence-electron chi connectivity index (χ0n) is 15.6. The number of amidine groups is 1. The lowest BCUT2D eigenvalue weighted by molar-refractivity contribution is 0.968. The van der Waals surface area contributed by atoms with Gasteiger partial charge in [-0.1, -0.05) is 6.58 Å². The van der Waals surface area contributed by atoms with Crippen molar-refractivity contribution in [3.05, 3.63) is 67.0 Å². The van der Waals surface area contributed by atoms with E-state index in [1.165, 1.54) is 6.20 Å². The van der Waals surface area contributed by atoms with Gasteiger partial charge in [0.1, 0.15) is 10.7 Å². The molecule has 0 N–H and O–H groups in total. The third-order valence-corrected chi connectivity index (χ3v) is 5.62. The molecule has 0 spiro atoms. The van der Waals surface area contributed by atoms with Crippen LogP contribution in [0, 0.1) is 6.92 Å². The van der Waals surface area contributed by atoms with Crippen molar-refractivity contribution in [2.75, 3.05) is 0 Å². The number of hydrogen-bond acceptors (Lipinski definition) is 5. The highest BCUT2D eigenvalue weighted by atomic mass is 32.1. The fourth-order valence-electron chi connectivity index (χ4n) is 3.06. The summed E-state index contributed by atoms with van der Waals surface area (Å²) in [5, 5.41) is 1.88. The minimum absolute atomic E-state index is 0.447. The van der Waals surface area contributed by atoms with E-state index in [1.807, 2.05) is 44.6 Å². The Morgan fingerprint density at radius 2 is 2.14 bits per heavy atom. The Balaban J connectivity index is 1.94. The first-order chi connectivity index (χ1) is 13.6. The molecule has 0 aliphatic carbocycles. The number of aromatic nitrogens is 4. The first-order valence-corrected chi connectivity index (χ1v) is 9.44. The van der Waals surface area contributed by atoms with E-state index in [1.54, 1.807) is 17.5 Å². The predicted molar refractivity (Wildman–Crippen MR) is 116 cm³/mol. The van der Waals surface area contributed by atoms with Gasteiger partial charge in [0.25, 0.3) is 0 Å². The summed E-state index contributed by atoms with van der Waals surface area (Å²) in [6, 6.07) is 7.99. The van der Waals surface area contributed by atoms with E-state index in [9.17, 15) is 0 Å². The Kier molecular flexibility index (Phi) is 4.67. The molecule has 0 aliphatic rings. The van der Waals surface area contributed by atoms with Crippen LogP contribution in [0.4, 0.5) is 0 Å². The molecule has 0 aliphatic heterocycles. The average molecular weight is 386 g/mol. The molecule has 6 nitrogen and oxygen atoms in total. The summed E-state index contributed by atoms with van der Waals surface area (Å²) in [5.41, 5.74) is 4.46. The fourth-order valence-corrected chi connectivity index (χ4v) is 4.08. The SMILES string of the molecule is C=CN=C(N=C)c1nc(-c2sc(-c3cccnc3)nc2C)cc2c1ccn2C. The summed E-state index contributed by atoms with van der Waals surface area (Å²) in [6.45, 7) is 9.30. The van der Waals surface area contributed by atoms with Gasteiger partial charge in [-0.05, 0) is 37.9 Å². The summed E-state index contributed by atoms with van der Waals surface area (Å²) in [7, 11) is 2.00. The molecule has 0 saturated carbocycles. The second kappa shape index (κ2) is 7.28. The molecule has 0 unspecified atom stereocenters. The molecule has 0 bridgehead atoms. The molecule has 4 rings (SSSR count). The van der Waals surface area contributed by atoms with E-state index in [-0.39, 0.29) is 0 Å². The molecule has 0 saturated heterocycles. The Hall–Kier alpha value is -3.45. The number of rotatable bonds is 4. The van der Waals surface area contributed by atoms with Crippen LogP contribution in [0.5, 0.6) is 0 Å². The number of thiazole rings is 1. The summed E-state index contributed by atoms with van der Waals surface area (Å²) in [6.07, 6.45) is 7.02. The second-order valence-electron chi connectivity index (χ2n) is 6.18. The Morgan fingerprint density at radius 3 is 2.86 bits per heavy atom. The smallest absolute Gasteiger partial charge is 0.178 e. The maximum Gasteiger partial charge on any atom is 0.178 e. The Morgan fingerprint density at radius 1 is 1.29 bits per heavy atom. The molecule has 0 amide bonds. The molecule has 138 valence electrons. The van der Waals surface area contributed by atoms with Crippen molar-refractivity contribution in [1.82, 2.24) is 19.5 Å². The van der Waals surface area contributed by atoms with Crippen molar-refractivity contribution in [3.8, 4) is 21.1 Å². The lowest BCUT2D eigenvalue weighted by Gasteiger charge is -2.07. The maximum absolute atomic E-state index is 4.87. The first-order valence-electron chi connectivity index (χ1n) is 8.62. The molecule has 0 atom stereocenters. The summed E-state index contributed by atoms with van der Waals surface area (Å²) in [5.74, 6) is 0.447. The average Bonchev–Trinajstić information content (AvgIpc) is 3.29. The van der Waals surface area contributed by atoms with Crippen LogP contribution >= 0.6 is 11.3 Å². The van der Waals surface area contributed by atoms with Gasteiger partial charge in [-0.15, -0.1) is 11.3 Å². The summed E-state index contributed by atoms with van der Waals surface area (Å²) in [4.78, 5) is 23.1. The number of hydrogen-bond donors (Lipinski definition) is 0. The third kappa shape index (κ3) is 3.05. The van der Waals surface area contributed by atoms with Gasteiger partial charge < -0.3 is 4.57 Å². The topological polar surface area (TPSA) is 68.3 Å².